The molecule has 120 valence electrons. The maximum absolute atomic E-state index is 12.6. The lowest BCUT2D eigenvalue weighted by Crippen LogP contribution is -2.35. The highest BCUT2D eigenvalue weighted by molar-refractivity contribution is 7.91. The average molecular weight is 355 g/mol. The van der Waals surface area contributed by atoms with E-state index in [1.54, 1.807) is 0 Å². The third-order valence-corrected chi connectivity index (χ3v) is 5.67. The molecule has 1 unspecified atom stereocenters. The summed E-state index contributed by atoms with van der Waals surface area (Å²) in [5.74, 6) is -2.26. The van der Waals surface area contributed by atoms with Gasteiger partial charge in [-0.2, -0.15) is 17.7 Å². The maximum Gasteiger partial charge on any atom is 0.453 e. The second-order valence-corrected chi connectivity index (χ2v) is 7.88. The van der Waals surface area contributed by atoms with E-state index >= 15 is 0 Å². The molecule has 1 N–H and O–H groups in total. The molecule has 13 heteroatoms. The minimum Gasteiger partial charge on any atom is -0.346 e. The maximum atomic E-state index is 12.6. The molecule has 2 aromatic heterocycles. The first-order valence-electron chi connectivity index (χ1n) is 5.96. The van der Waals surface area contributed by atoms with Crippen LogP contribution in [-0.4, -0.2) is 51.7 Å². The third kappa shape index (κ3) is 2.77. The molecule has 0 spiro atoms. The number of halogens is 3. The van der Waals surface area contributed by atoms with Crippen LogP contribution in [0.25, 0.3) is 4.96 Å². The van der Waals surface area contributed by atoms with E-state index in [2.05, 4.69) is 20.6 Å². The largest absolute Gasteiger partial charge is 0.453 e. The lowest BCUT2D eigenvalue weighted by Gasteiger charge is -2.08. The molecule has 22 heavy (non-hydrogen) atoms. The Bertz CT molecular complexity index is 840. The van der Waals surface area contributed by atoms with Gasteiger partial charge in [-0.15, -0.1) is 15.3 Å². The summed E-state index contributed by atoms with van der Waals surface area (Å²) in [4.78, 5) is 11.8. The normalized spacial score (nSPS) is 21.3. The van der Waals surface area contributed by atoms with Crippen molar-refractivity contribution in [1.82, 2.24) is 25.1 Å². The molecule has 1 fully saturated rings. The summed E-state index contributed by atoms with van der Waals surface area (Å²) in [6.07, 6.45) is -4.47. The number of alkyl halides is 3. The Balaban J connectivity index is 1.82. The van der Waals surface area contributed by atoms with Crippen molar-refractivity contribution in [3.05, 3.63) is 10.8 Å². The van der Waals surface area contributed by atoms with E-state index in [4.69, 9.17) is 0 Å². The van der Waals surface area contributed by atoms with Crippen molar-refractivity contribution in [3.63, 3.8) is 0 Å². The molecule has 3 heterocycles. The molecule has 1 saturated heterocycles. The van der Waals surface area contributed by atoms with Crippen LogP contribution in [0.1, 0.15) is 22.0 Å². The van der Waals surface area contributed by atoms with Gasteiger partial charge in [0.2, 0.25) is 9.97 Å². The molecule has 1 aliphatic heterocycles. The van der Waals surface area contributed by atoms with Crippen LogP contribution < -0.4 is 5.32 Å². The number of hydrogen-bond acceptors (Lipinski definition) is 7. The van der Waals surface area contributed by atoms with Gasteiger partial charge in [-0.3, -0.25) is 4.79 Å². The van der Waals surface area contributed by atoms with Crippen molar-refractivity contribution in [2.75, 3.05) is 11.5 Å². The smallest absolute Gasteiger partial charge is 0.346 e. The van der Waals surface area contributed by atoms with Crippen LogP contribution in [0.4, 0.5) is 13.2 Å². The van der Waals surface area contributed by atoms with Gasteiger partial charge in [0, 0.05) is 6.04 Å². The minimum atomic E-state index is -4.74. The fourth-order valence-electron chi connectivity index (χ4n) is 2.04. The van der Waals surface area contributed by atoms with Crippen molar-refractivity contribution in [2.24, 2.45) is 0 Å². The summed E-state index contributed by atoms with van der Waals surface area (Å²) in [5.41, 5.74) is 0. The summed E-state index contributed by atoms with van der Waals surface area (Å²) in [6.45, 7) is 0. The Kier molecular flexibility index (Phi) is 3.36. The van der Waals surface area contributed by atoms with Gasteiger partial charge >= 0.3 is 6.18 Å². The number of amides is 1. The molecule has 0 aliphatic carbocycles. The molecule has 3 rings (SSSR count). The summed E-state index contributed by atoms with van der Waals surface area (Å²) < 4.78 is 61.0. The minimum absolute atomic E-state index is 0.0265. The van der Waals surface area contributed by atoms with Crippen molar-refractivity contribution in [1.29, 1.82) is 0 Å². The van der Waals surface area contributed by atoms with Crippen molar-refractivity contribution >= 4 is 32.0 Å². The molecule has 1 amide bonds. The van der Waals surface area contributed by atoms with E-state index in [-0.39, 0.29) is 27.9 Å². The topological polar surface area (TPSA) is 106 Å². The Hall–Kier alpha value is -1.76. The summed E-state index contributed by atoms with van der Waals surface area (Å²) in [7, 11) is -3.17. The number of carbonyl (C=O) groups is 1. The average Bonchev–Trinajstić information content (AvgIpc) is 3.00. The first-order chi connectivity index (χ1) is 10.2. The van der Waals surface area contributed by atoms with Crippen LogP contribution in [0.3, 0.4) is 0 Å². The van der Waals surface area contributed by atoms with Crippen LogP contribution in [-0.2, 0) is 16.0 Å². The predicted octanol–water partition coefficient (Wildman–Crippen LogP) is 0.122. The van der Waals surface area contributed by atoms with Crippen molar-refractivity contribution < 1.29 is 26.4 Å². The van der Waals surface area contributed by atoms with Crippen molar-refractivity contribution in [2.45, 2.75) is 18.6 Å². The van der Waals surface area contributed by atoms with Crippen LogP contribution in [0.15, 0.2) is 0 Å². The number of aromatic nitrogens is 4. The molecule has 0 radical (unpaired) electrons. The summed E-state index contributed by atoms with van der Waals surface area (Å²) in [6, 6.07) is -0.561. The van der Waals surface area contributed by atoms with Gasteiger partial charge in [-0.05, 0) is 6.42 Å². The van der Waals surface area contributed by atoms with E-state index < -0.39 is 33.8 Å². The van der Waals surface area contributed by atoms with Gasteiger partial charge in [-0.1, -0.05) is 11.3 Å². The fraction of sp³-hybridized carbons (Fsp3) is 0.556. The lowest BCUT2D eigenvalue weighted by molar-refractivity contribution is -0.146. The number of nitrogens with zero attached hydrogens (tertiary/aromatic N) is 4. The molecule has 0 bridgehead atoms. The lowest BCUT2D eigenvalue weighted by atomic mass is 10.2. The molecule has 2 aromatic rings. The SMILES string of the molecule is O=C(NC1CCS(=O)(=O)C1)c1nn2c(C(F)(F)F)nnc2s1. The summed E-state index contributed by atoms with van der Waals surface area (Å²) >= 11 is 0.642. The van der Waals surface area contributed by atoms with Crippen molar-refractivity contribution in [3.8, 4) is 0 Å². The molecule has 0 saturated carbocycles. The number of nitrogens with one attached hydrogen (secondary N) is 1. The Morgan fingerprint density at radius 1 is 1.36 bits per heavy atom. The molecule has 1 atom stereocenters. The van der Waals surface area contributed by atoms with Gasteiger partial charge in [0.05, 0.1) is 11.5 Å². The molecule has 1 aliphatic rings. The quantitative estimate of drug-likeness (QED) is 0.820. The molecular weight excluding hydrogens is 347 g/mol. The van der Waals surface area contributed by atoms with E-state index in [1.807, 2.05) is 0 Å². The van der Waals surface area contributed by atoms with Crippen LogP contribution in [0.5, 0.6) is 0 Å². The number of sulfone groups is 1. The first kappa shape index (κ1) is 15.1. The van der Waals surface area contributed by atoms with Gasteiger partial charge in [0.25, 0.3) is 11.7 Å². The molecular formula is C9H8F3N5O3S2. The fourth-order valence-corrected chi connectivity index (χ4v) is 4.46. The van der Waals surface area contributed by atoms with E-state index in [0.717, 1.165) is 0 Å². The van der Waals surface area contributed by atoms with Crippen LogP contribution in [0, 0.1) is 0 Å². The van der Waals surface area contributed by atoms with Gasteiger partial charge in [0.15, 0.2) is 9.84 Å². The predicted molar refractivity (Wildman–Crippen MR) is 68.2 cm³/mol. The monoisotopic (exact) mass is 355 g/mol. The zero-order chi connectivity index (χ0) is 16.1. The Morgan fingerprint density at radius 3 is 2.68 bits per heavy atom. The summed E-state index contributed by atoms with van der Waals surface area (Å²) in [5, 5.41) is 12.0. The van der Waals surface area contributed by atoms with Gasteiger partial charge in [0.1, 0.15) is 0 Å². The Morgan fingerprint density at radius 2 is 2.09 bits per heavy atom. The second-order valence-electron chi connectivity index (χ2n) is 4.70. The zero-order valence-electron chi connectivity index (χ0n) is 10.7. The number of rotatable bonds is 2. The highest BCUT2D eigenvalue weighted by Gasteiger charge is 2.39. The zero-order valence-corrected chi connectivity index (χ0v) is 12.3. The standard InChI is InChI=1S/C9H8F3N5O3S2/c10-9(11,12)7-14-15-8-17(7)16-6(21-8)5(18)13-4-1-2-22(19,20)3-4/h4H,1-3H2,(H,13,18). The van der Waals surface area contributed by atoms with E-state index in [0.29, 0.717) is 15.9 Å². The molecule has 0 aromatic carbocycles. The number of hydrogen-bond donors (Lipinski definition) is 1. The molecule has 8 nitrogen and oxygen atoms in total. The van der Waals surface area contributed by atoms with E-state index in [9.17, 15) is 26.4 Å². The highest BCUT2D eigenvalue weighted by Crippen LogP contribution is 2.29. The highest BCUT2D eigenvalue weighted by atomic mass is 32.2. The van der Waals surface area contributed by atoms with E-state index in [1.165, 1.54) is 0 Å². The first-order valence-corrected chi connectivity index (χ1v) is 8.60. The van der Waals surface area contributed by atoms with Crippen LogP contribution >= 0.6 is 11.3 Å². The Labute approximate surface area is 125 Å². The van der Waals surface area contributed by atoms with Crippen LogP contribution in [0.2, 0.25) is 0 Å². The van der Waals surface area contributed by atoms with Gasteiger partial charge in [-0.25, -0.2) is 8.42 Å². The number of carbonyl (C=O) groups excluding carboxylic acids is 1. The van der Waals surface area contributed by atoms with Gasteiger partial charge < -0.3 is 5.32 Å². The number of fused-ring (bicyclic) bond motifs is 1. The third-order valence-electron chi connectivity index (χ3n) is 3.01. The second kappa shape index (κ2) is 4.87.